The third kappa shape index (κ3) is 6.17. The van der Waals surface area contributed by atoms with Crippen LogP contribution in [0, 0.1) is 11.7 Å². The summed E-state index contributed by atoms with van der Waals surface area (Å²) in [5.41, 5.74) is 2.40. The van der Waals surface area contributed by atoms with E-state index in [2.05, 4.69) is 41.4 Å². The number of likely N-dealkylation sites (tertiary alicyclic amines) is 1. The van der Waals surface area contributed by atoms with Crippen LogP contribution in [0.4, 0.5) is 4.39 Å². The van der Waals surface area contributed by atoms with Gasteiger partial charge in [0, 0.05) is 19.1 Å². The second-order valence-corrected chi connectivity index (χ2v) is 7.63. The molecule has 1 fully saturated rings. The SMILES string of the molecule is C[C@@H](CCc1ccccc1)NC(=O)[C@@H]1CCCN(Cc2ccc(F)cc2)C1. The lowest BCUT2D eigenvalue weighted by molar-refractivity contribution is -0.127. The van der Waals surface area contributed by atoms with Crippen molar-refractivity contribution >= 4 is 5.91 Å². The first-order valence-electron chi connectivity index (χ1n) is 9.91. The highest BCUT2D eigenvalue weighted by Crippen LogP contribution is 2.19. The van der Waals surface area contributed by atoms with Crippen molar-refractivity contribution in [3.8, 4) is 0 Å². The Labute approximate surface area is 161 Å². The van der Waals surface area contributed by atoms with Crippen LogP contribution < -0.4 is 5.32 Å². The second-order valence-electron chi connectivity index (χ2n) is 7.63. The van der Waals surface area contributed by atoms with Crippen LogP contribution in [0.15, 0.2) is 54.6 Å². The Kier molecular flexibility index (Phi) is 6.99. The predicted octanol–water partition coefficient (Wildman–Crippen LogP) is 4.18. The predicted molar refractivity (Wildman–Crippen MR) is 107 cm³/mol. The van der Waals surface area contributed by atoms with Gasteiger partial charge in [-0.05, 0) is 62.4 Å². The number of hydrogen-bond acceptors (Lipinski definition) is 2. The van der Waals surface area contributed by atoms with E-state index in [4.69, 9.17) is 0 Å². The maximum Gasteiger partial charge on any atom is 0.224 e. The van der Waals surface area contributed by atoms with E-state index in [0.717, 1.165) is 50.9 Å². The van der Waals surface area contributed by atoms with Gasteiger partial charge in [0.25, 0.3) is 0 Å². The molecule has 0 spiro atoms. The molecule has 0 bridgehead atoms. The molecule has 2 aromatic rings. The Morgan fingerprint density at radius 3 is 2.63 bits per heavy atom. The van der Waals surface area contributed by atoms with Crippen molar-refractivity contribution < 1.29 is 9.18 Å². The second kappa shape index (κ2) is 9.65. The van der Waals surface area contributed by atoms with Gasteiger partial charge < -0.3 is 5.32 Å². The first kappa shape index (κ1) is 19.6. The minimum absolute atomic E-state index is 0.0402. The van der Waals surface area contributed by atoms with Crippen LogP contribution in [0.2, 0.25) is 0 Å². The number of carbonyl (C=O) groups is 1. The standard InChI is InChI=1S/C23H29FN2O/c1-18(9-10-19-6-3-2-4-7-19)25-23(27)21-8-5-15-26(17-21)16-20-11-13-22(24)14-12-20/h2-4,6-7,11-14,18,21H,5,8-10,15-17H2,1H3,(H,25,27)/t18-,21+/m0/s1. The molecule has 2 aromatic carbocycles. The van der Waals surface area contributed by atoms with Crippen molar-refractivity contribution in [1.29, 1.82) is 0 Å². The lowest BCUT2D eigenvalue weighted by atomic mass is 9.96. The number of benzene rings is 2. The van der Waals surface area contributed by atoms with Crippen LogP contribution >= 0.6 is 0 Å². The Morgan fingerprint density at radius 1 is 1.15 bits per heavy atom. The third-order valence-electron chi connectivity index (χ3n) is 5.29. The Morgan fingerprint density at radius 2 is 1.89 bits per heavy atom. The largest absolute Gasteiger partial charge is 0.353 e. The summed E-state index contributed by atoms with van der Waals surface area (Å²) in [5, 5.41) is 3.20. The molecule has 3 nitrogen and oxygen atoms in total. The lowest BCUT2D eigenvalue weighted by Gasteiger charge is -2.32. The summed E-state index contributed by atoms with van der Waals surface area (Å²) in [6, 6.07) is 17.2. The monoisotopic (exact) mass is 368 g/mol. The Hall–Kier alpha value is -2.20. The van der Waals surface area contributed by atoms with Gasteiger partial charge in [-0.15, -0.1) is 0 Å². The zero-order valence-electron chi connectivity index (χ0n) is 16.0. The first-order chi connectivity index (χ1) is 13.1. The molecular weight excluding hydrogens is 339 g/mol. The van der Waals surface area contributed by atoms with Crippen LogP contribution in [-0.2, 0) is 17.8 Å². The molecule has 0 radical (unpaired) electrons. The number of aryl methyl sites for hydroxylation is 1. The molecule has 1 heterocycles. The summed E-state index contributed by atoms with van der Waals surface area (Å²) in [4.78, 5) is 15.0. The van der Waals surface area contributed by atoms with E-state index in [-0.39, 0.29) is 23.7 Å². The topological polar surface area (TPSA) is 32.3 Å². The number of nitrogens with one attached hydrogen (secondary N) is 1. The summed E-state index contributed by atoms with van der Waals surface area (Å²) in [5.74, 6) is -0.00289. The van der Waals surface area contributed by atoms with Crippen LogP contribution in [0.1, 0.15) is 37.3 Å². The molecule has 0 aliphatic carbocycles. The number of carbonyl (C=O) groups excluding carboxylic acids is 1. The summed E-state index contributed by atoms with van der Waals surface area (Å²) in [7, 11) is 0. The van der Waals surface area contributed by atoms with Crippen molar-refractivity contribution in [2.24, 2.45) is 5.92 Å². The van der Waals surface area contributed by atoms with Crippen LogP contribution in [0.25, 0.3) is 0 Å². The summed E-state index contributed by atoms with van der Waals surface area (Å²) in [6.07, 6.45) is 3.89. The van der Waals surface area contributed by atoms with Crippen molar-refractivity contribution in [2.45, 2.75) is 45.2 Å². The maximum absolute atomic E-state index is 13.1. The highest BCUT2D eigenvalue weighted by Gasteiger charge is 2.26. The van der Waals surface area contributed by atoms with E-state index in [9.17, 15) is 9.18 Å². The number of piperidine rings is 1. The Balaban J connectivity index is 1.45. The maximum atomic E-state index is 13.1. The van der Waals surface area contributed by atoms with Gasteiger partial charge in [0.05, 0.1) is 5.92 Å². The zero-order chi connectivity index (χ0) is 19.1. The molecule has 1 amide bonds. The van der Waals surface area contributed by atoms with Crippen molar-refractivity contribution in [3.63, 3.8) is 0 Å². The first-order valence-corrected chi connectivity index (χ1v) is 9.91. The average molecular weight is 368 g/mol. The van der Waals surface area contributed by atoms with Crippen LogP contribution in [-0.4, -0.2) is 29.9 Å². The van der Waals surface area contributed by atoms with E-state index in [1.165, 1.54) is 17.7 Å². The molecule has 1 N–H and O–H groups in total. The number of rotatable bonds is 7. The van der Waals surface area contributed by atoms with Gasteiger partial charge in [0.15, 0.2) is 0 Å². The number of nitrogens with zero attached hydrogens (tertiary/aromatic N) is 1. The minimum Gasteiger partial charge on any atom is -0.353 e. The van der Waals surface area contributed by atoms with Gasteiger partial charge in [-0.2, -0.15) is 0 Å². The van der Waals surface area contributed by atoms with E-state index in [1.54, 1.807) is 0 Å². The van der Waals surface area contributed by atoms with Crippen LogP contribution in [0.3, 0.4) is 0 Å². The average Bonchev–Trinajstić information content (AvgIpc) is 2.69. The third-order valence-corrected chi connectivity index (χ3v) is 5.29. The van der Waals surface area contributed by atoms with Gasteiger partial charge in [0.2, 0.25) is 5.91 Å². The summed E-state index contributed by atoms with van der Waals surface area (Å²) >= 11 is 0. The summed E-state index contributed by atoms with van der Waals surface area (Å²) in [6.45, 7) is 4.62. The van der Waals surface area contributed by atoms with E-state index >= 15 is 0 Å². The molecule has 1 aliphatic rings. The van der Waals surface area contributed by atoms with Gasteiger partial charge >= 0.3 is 0 Å². The molecule has 3 rings (SSSR count). The van der Waals surface area contributed by atoms with Gasteiger partial charge in [-0.3, -0.25) is 9.69 Å². The highest BCUT2D eigenvalue weighted by atomic mass is 19.1. The highest BCUT2D eigenvalue weighted by molar-refractivity contribution is 5.79. The zero-order valence-corrected chi connectivity index (χ0v) is 16.0. The van der Waals surface area contributed by atoms with Gasteiger partial charge in [-0.1, -0.05) is 42.5 Å². The molecular formula is C23H29FN2O. The fourth-order valence-corrected chi connectivity index (χ4v) is 3.72. The fraction of sp³-hybridized carbons (Fsp3) is 0.435. The number of halogens is 1. The molecule has 0 unspecified atom stereocenters. The van der Waals surface area contributed by atoms with E-state index in [0.29, 0.717) is 0 Å². The van der Waals surface area contributed by atoms with Crippen molar-refractivity contribution in [3.05, 3.63) is 71.5 Å². The van der Waals surface area contributed by atoms with E-state index < -0.39 is 0 Å². The number of hydrogen-bond donors (Lipinski definition) is 1. The van der Waals surface area contributed by atoms with Gasteiger partial charge in [-0.25, -0.2) is 4.39 Å². The summed E-state index contributed by atoms with van der Waals surface area (Å²) < 4.78 is 13.1. The molecule has 2 atom stereocenters. The lowest BCUT2D eigenvalue weighted by Crippen LogP contribution is -2.45. The molecule has 0 aromatic heterocycles. The molecule has 4 heteroatoms. The fourth-order valence-electron chi connectivity index (χ4n) is 3.72. The van der Waals surface area contributed by atoms with Crippen LogP contribution in [0.5, 0.6) is 0 Å². The number of amides is 1. The minimum atomic E-state index is -0.209. The molecule has 1 aliphatic heterocycles. The quantitative estimate of drug-likeness (QED) is 0.795. The van der Waals surface area contributed by atoms with Gasteiger partial charge in [0.1, 0.15) is 5.82 Å². The molecule has 0 saturated carbocycles. The van der Waals surface area contributed by atoms with Crippen molar-refractivity contribution in [1.82, 2.24) is 10.2 Å². The smallest absolute Gasteiger partial charge is 0.224 e. The Bertz CT molecular complexity index is 717. The molecule has 1 saturated heterocycles. The normalized spacial score (nSPS) is 18.8. The molecule has 27 heavy (non-hydrogen) atoms. The van der Waals surface area contributed by atoms with E-state index in [1.807, 2.05) is 18.2 Å². The van der Waals surface area contributed by atoms with Crippen molar-refractivity contribution in [2.75, 3.05) is 13.1 Å². The molecule has 144 valence electrons.